The molecule has 0 spiro atoms. The van der Waals surface area contributed by atoms with Crippen LogP contribution in [0.4, 0.5) is 10.2 Å². The second-order valence-electron chi connectivity index (χ2n) is 9.43. The van der Waals surface area contributed by atoms with Crippen molar-refractivity contribution in [2.24, 2.45) is 7.05 Å². The van der Waals surface area contributed by atoms with Crippen LogP contribution < -0.4 is 4.90 Å². The van der Waals surface area contributed by atoms with Crippen LogP contribution in [-0.4, -0.2) is 55.6 Å². The molecule has 0 amide bonds. The summed E-state index contributed by atoms with van der Waals surface area (Å²) in [6.07, 6.45) is 1.87. The number of aryl methyl sites for hydroxylation is 2. The number of allylic oxidation sites excluding steroid dienone is 1. The average Bonchev–Trinajstić information content (AvgIpc) is 3.42. The molecule has 0 bridgehead atoms. The molecular formula is C28H28FN7. The van der Waals surface area contributed by atoms with E-state index in [-0.39, 0.29) is 5.95 Å². The maximum absolute atomic E-state index is 15.0. The smallest absolute Gasteiger partial charge is 0.219 e. The number of para-hydroxylation sites is 1. The first-order valence-corrected chi connectivity index (χ1v) is 12.1. The molecule has 0 unspecified atom stereocenters. The Kier molecular flexibility index (Phi) is 5.25. The Hall–Kier alpha value is -4.20. The third kappa shape index (κ3) is 3.52. The Bertz CT molecular complexity index is 1610. The molecule has 0 aliphatic carbocycles. The van der Waals surface area contributed by atoms with E-state index >= 15 is 4.39 Å². The summed E-state index contributed by atoms with van der Waals surface area (Å²) in [6, 6.07) is 15.9. The highest BCUT2D eigenvalue weighted by Gasteiger charge is 2.22. The molecule has 2 aromatic carbocycles. The van der Waals surface area contributed by atoms with Gasteiger partial charge in [-0.1, -0.05) is 36.9 Å². The number of aromatic nitrogens is 5. The van der Waals surface area contributed by atoms with Gasteiger partial charge in [0.15, 0.2) is 0 Å². The van der Waals surface area contributed by atoms with Crippen molar-refractivity contribution in [1.82, 2.24) is 29.4 Å². The Balaban J connectivity index is 1.43. The lowest BCUT2D eigenvalue weighted by Gasteiger charge is -2.36. The zero-order valence-corrected chi connectivity index (χ0v) is 20.7. The van der Waals surface area contributed by atoms with Crippen molar-refractivity contribution < 1.29 is 4.39 Å². The summed E-state index contributed by atoms with van der Waals surface area (Å²) in [5.74, 6) is 0.587. The highest BCUT2D eigenvalue weighted by Crippen LogP contribution is 2.36. The zero-order chi connectivity index (χ0) is 25.0. The molecule has 0 atom stereocenters. The molecule has 1 saturated heterocycles. The molecule has 0 radical (unpaired) electrons. The number of rotatable bonds is 4. The van der Waals surface area contributed by atoms with Gasteiger partial charge in [0.2, 0.25) is 5.95 Å². The molecule has 3 aromatic heterocycles. The summed E-state index contributed by atoms with van der Waals surface area (Å²) in [5, 5.41) is 10.8. The van der Waals surface area contributed by atoms with E-state index in [1.807, 2.05) is 41.2 Å². The van der Waals surface area contributed by atoms with E-state index in [1.165, 1.54) is 4.68 Å². The van der Waals surface area contributed by atoms with Crippen LogP contribution in [0.25, 0.3) is 38.8 Å². The molecule has 4 heterocycles. The van der Waals surface area contributed by atoms with E-state index in [0.717, 1.165) is 71.1 Å². The van der Waals surface area contributed by atoms with Crippen LogP contribution >= 0.6 is 0 Å². The van der Waals surface area contributed by atoms with E-state index in [9.17, 15) is 0 Å². The topological polar surface area (TPSA) is 55.0 Å². The van der Waals surface area contributed by atoms with Gasteiger partial charge in [0.1, 0.15) is 11.5 Å². The van der Waals surface area contributed by atoms with E-state index in [4.69, 9.17) is 10.1 Å². The van der Waals surface area contributed by atoms with Crippen molar-refractivity contribution in [2.45, 2.75) is 13.8 Å². The molecule has 5 aromatic rings. The van der Waals surface area contributed by atoms with Gasteiger partial charge in [-0.05, 0) is 37.6 Å². The highest BCUT2D eigenvalue weighted by molar-refractivity contribution is 6.03. The number of piperazine rings is 1. The Labute approximate surface area is 209 Å². The van der Waals surface area contributed by atoms with E-state index in [2.05, 4.69) is 53.5 Å². The Morgan fingerprint density at radius 3 is 2.47 bits per heavy atom. The maximum Gasteiger partial charge on any atom is 0.219 e. The van der Waals surface area contributed by atoms with Crippen molar-refractivity contribution >= 4 is 27.6 Å². The van der Waals surface area contributed by atoms with Gasteiger partial charge in [-0.2, -0.15) is 14.6 Å². The van der Waals surface area contributed by atoms with Crippen molar-refractivity contribution in [3.63, 3.8) is 0 Å². The molecule has 8 heteroatoms. The largest absolute Gasteiger partial charge is 0.372 e. The molecule has 1 aliphatic heterocycles. The monoisotopic (exact) mass is 481 g/mol. The summed E-state index contributed by atoms with van der Waals surface area (Å²) in [7, 11) is 1.62. The van der Waals surface area contributed by atoms with Gasteiger partial charge in [0.25, 0.3) is 0 Å². The quantitative estimate of drug-likeness (QED) is 0.358. The standard InChI is InChI=1S/C28H28FN7/c1-18(2)34-13-15-35(16-14-34)24-12-11-20(17-30-24)36-27-19(3)7-5-9-22(27)26(32-36)21-8-6-10-23-25(21)28(29)33(4)31-23/h5-12,17H,1,13-16H2,2-4H3. The van der Waals surface area contributed by atoms with Crippen LogP contribution in [0.2, 0.25) is 0 Å². The molecule has 0 N–H and O–H groups in total. The minimum Gasteiger partial charge on any atom is -0.372 e. The minimum absolute atomic E-state index is 0.367. The van der Waals surface area contributed by atoms with Gasteiger partial charge < -0.3 is 9.80 Å². The van der Waals surface area contributed by atoms with Crippen molar-refractivity contribution in [2.75, 3.05) is 31.1 Å². The van der Waals surface area contributed by atoms with Crippen LogP contribution in [0, 0.1) is 12.9 Å². The summed E-state index contributed by atoms with van der Waals surface area (Å²) in [5.41, 5.74) is 6.11. The lowest BCUT2D eigenvalue weighted by molar-refractivity contribution is 0.322. The number of anilines is 1. The van der Waals surface area contributed by atoms with Crippen LogP contribution in [0.3, 0.4) is 0 Å². The van der Waals surface area contributed by atoms with Crippen molar-refractivity contribution in [3.8, 4) is 16.9 Å². The summed E-state index contributed by atoms with van der Waals surface area (Å²) in [4.78, 5) is 9.39. The number of benzene rings is 2. The first kappa shape index (κ1) is 22.3. The maximum atomic E-state index is 15.0. The van der Waals surface area contributed by atoms with E-state index < -0.39 is 0 Å². The van der Waals surface area contributed by atoms with Gasteiger partial charge >= 0.3 is 0 Å². The van der Waals surface area contributed by atoms with E-state index in [0.29, 0.717) is 10.9 Å². The van der Waals surface area contributed by atoms with Crippen molar-refractivity contribution in [1.29, 1.82) is 0 Å². The number of hydrogen-bond acceptors (Lipinski definition) is 5. The second-order valence-corrected chi connectivity index (χ2v) is 9.43. The van der Waals surface area contributed by atoms with Crippen LogP contribution in [-0.2, 0) is 7.05 Å². The molecule has 7 nitrogen and oxygen atoms in total. The highest BCUT2D eigenvalue weighted by atomic mass is 19.1. The third-order valence-electron chi connectivity index (χ3n) is 7.07. The zero-order valence-electron chi connectivity index (χ0n) is 20.7. The van der Waals surface area contributed by atoms with Crippen LogP contribution in [0.1, 0.15) is 12.5 Å². The third-order valence-corrected chi connectivity index (χ3v) is 7.07. The predicted molar refractivity (Wildman–Crippen MR) is 142 cm³/mol. The Morgan fingerprint density at radius 1 is 0.972 bits per heavy atom. The van der Waals surface area contributed by atoms with Crippen LogP contribution in [0.5, 0.6) is 0 Å². The lowest BCUT2D eigenvalue weighted by Crippen LogP contribution is -2.45. The Morgan fingerprint density at radius 2 is 1.75 bits per heavy atom. The molecule has 0 saturated carbocycles. The number of hydrogen-bond donors (Lipinski definition) is 0. The molecule has 6 rings (SSSR count). The second kappa shape index (κ2) is 8.48. The molecule has 1 fully saturated rings. The molecular weight excluding hydrogens is 453 g/mol. The fraction of sp³-hybridized carbons (Fsp3) is 0.250. The van der Waals surface area contributed by atoms with E-state index in [1.54, 1.807) is 7.05 Å². The number of halogens is 1. The minimum atomic E-state index is -0.367. The average molecular weight is 482 g/mol. The first-order chi connectivity index (χ1) is 17.4. The number of fused-ring (bicyclic) bond motifs is 2. The van der Waals surface area contributed by atoms with Gasteiger partial charge in [-0.15, -0.1) is 0 Å². The normalized spacial score (nSPS) is 14.2. The number of nitrogens with zero attached hydrogens (tertiary/aromatic N) is 7. The first-order valence-electron chi connectivity index (χ1n) is 12.1. The summed E-state index contributed by atoms with van der Waals surface area (Å²) in [6.45, 7) is 11.9. The van der Waals surface area contributed by atoms with Gasteiger partial charge in [0, 0.05) is 49.9 Å². The fourth-order valence-corrected chi connectivity index (χ4v) is 5.13. The molecule has 1 aliphatic rings. The number of pyridine rings is 1. The van der Waals surface area contributed by atoms with Gasteiger partial charge in [0.05, 0.1) is 28.3 Å². The molecule has 182 valence electrons. The molecule has 36 heavy (non-hydrogen) atoms. The van der Waals surface area contributed by atoms with Gasteiger partial charge in [-0.3, -0.25) is 0 Å². The lowest BCUT2D eigenvalue weighted by atomic mass is 10.0. The SMILES string of the molecule is C=C(C)N1CCN(c2ccc(-n3nc(-c4cccc5nn(C)c(F)c45)c4cccc(C)c43)cn2)CC1. The van der Waals surface area contributed by atoms with Crippen molar-refractivity contribution in [3.05, 3.63) is 78.5 Å². The summed E-state index contributed by atoms with van der Waals surface area (Å²) < 4.78 is 18.2. The predicted octanol–water partition coefficient (Wildman–Crippen LogP) is 5.08. The van der Waals surface area contributed by atoms with Gasteiger partial charge in [-0.25, -0.2) is 14.3 Å². The summed E-state index contributed by atoms with van der Waals surface area (Å²) >= 11 is 0. The van der Waals surface area contributed by atoms with Crippen LogP contribution in [0.15, 0.2) is 67.0 Å². The fourth-order valence-electron chi connectivity index (χ4n) is 5.13.